The number of hydrogen-bond donors (Lipinski definition) is 3. The SMILES string of the molecule is CC(CCNC(=O)c1nonc1NC(=O)OCC1c2ccccc2-c2ccccc21)C(=O)O. The number of nitrogens with zero attached hydrogens (tertiary/aromatic N) is 2. The van der Waals surface area contributed by atoms with E-state index in [-0.39, 0.29) is 37.0 Å². The Morgan fingerprint density at radius 3 is 2.33 bits per heavy atom. The molecule has 33 heavy (non-hydrogen) atoms. The molecule has 1 aliphatic carbocycles. The van der Waals surface area contributed by atoms with Gasteiger partial charge in [-0.05, 0) is 39.0 Å². The lowest BCUT2D eigenvalue weighted by Crippen LogP contribution is -2.28. The van der Waals surface area contributed by atoms with Crippen molar-refractivity contribution >= 4 is 23.8 Å². The standard InChI is InChI=1S/C23H22N4O6/c1-13(22(29)30)10-11-24-21(28)19-20(27-33-26-19)25-23(31)32-12-18-16-8-4-2-6-14(16)15-7-3-5-9-17(15)18/h2-9,13,18H,10-12H2,1H3,(H,24,28)(H,29,30)(H,25,27,31). The minimum atomic E-state index is -0.954. The zero-order valence-electron chi connectivity index (χ0n) is 17.8. The van der Waals surface area contributed by atoms with Crippen molar-refractivity contribution in [3.05, 3.63) is 65.4 Å². The average molecular weight is 450 g/mol. The summed E-state index contributed by atoms with van der Waals surface area (Å²) in [5.74, 6) is -2.51. The molecule has 10 nitrogen and oxygen atoms in total. The molecule has 0 radical (unpaired) electrons. The highest BCUT2D eigenvalue weighted by Gasteiger charge is 2.29. The number of anilines is 1. The van der Waals surface area contributed by atoms with E-state index in [1.807, 2.05) is 48.5 Å². The highest BCUT2D eigenvalue weighted by atomic mass is 16.6. The van der Waals surface area contributed by atoms with Gasteiger partial charge in [-0.1, -0.05) is 55.5 Å². The fraction of sp³-hybridized carbons (Fsp3) is 0.261. The van der Waals surface area contributed by atoms with E-state index in [2.05, 4.69) is 25.6 Å². The number of rotatable bonds is 8. The topological polar surface area (TPSA) is 144 Å². The lowest BCUT2D eigenvalue weighted by Gasteiger charge is -2.14. The molecule has 2 amide bonds. The minimum Gasteiger partial charge on any atom is -0.481 e. The van der Waals surface area contributed by atoms with Crippen LogP contribution in [0.25, 0.3) is 11.1 Å². The molecule has 170 valence electrons. The second kappa shape index (κ2) is 9.51. The summed E-state index contributed by atoms with van der Waals surface area (Å²) < 4.78 is 10.0. The molecule has 1 unspecified atom stereocenters. The molecule has 2 aromatic carbocycles. The fourth-order valence-electron chi connectivity index (χ4n) is 3.76. The van der Waals surface area contributed by atoms with Crippen LogP contribution in [0.3, 0.4) is 0 Å². The normalized spacial score (nSPS) is 13.0. The third-order valence-corrected chi connectivity index (χ3v) is 5.55. The zero-order chi connectivity index (χ0) is 23.4. The number of nitrogens with one attached hydrogen (secondary N) is 2. The Hall–Kier alpha value is -4.21. The van der Waals surface area contributed by atoms with E-state index in [4.69, 9.17) is 9.84 Å². The van der Waals surface area contributed by atoms with E-state index < -0.39 is 23.9 Å². The van der Waals surface area contributed by atoms with Crippen LogP contribution in [-0.2, 0) is 9.53 Å². The van der Waals surface area contributed by atoms with Gasteiger partial charge in [-0.15, -0.1) is 0 Å². The summed E-state index contributed by atoms with van der Waals surface area (Å²) in [4.78, 5) is 35.6. The molecular formula is C23H22N4O6. The summed E-state index contributed by atoms with van der Waals surface area (Å²) in [5, 5.41) is 20.9. The van der Waals surface area contributed by atoms with Crippen LogP contribution in [0.5, 0.6) is 0 Å². The zero-order valence-corrected chi connectivity index (χ0v) is 17.8. The highest BCUT2D eigenvalue weighted by molar-refractivity contribution is 5.99. The molecule has 0 spiro atoms. The Labute approximate surface area is 188 Å². The van der Waals surface area contributed by atoms with Crippen molar-refractivity contribution in [1.29, 1.82) is 0 Å². The van der Waals surface area contributed by atoms with E-state index in [0.29, 0.717) is 0 Å². The van der Waals surface area contributed by atoms with Gasteiger partial charge in [0.2, 0.25) is 11.5 Å². The molecule has 0 aliphatic heterocycles. The number of aromatic nitrogens is 2. The molecule has 0 saturated carbocycles. The number of fused-ring (bicyclic) bond motifs is 3. The molecular weight excluding hydrogens is 428 g/mol. The Morgan fingerprint density at radius 1 is 1.06 bits per heavy atom. The highest BCUT2D eigenvalue weighted by Crippen LogP contribution is 2.44. The van der Waals surface area contributed by atoms with Crippen molar-refractivity contribution < 1.29 is 28.9 Å². The molecule has 1 aliphatic rings. The van der Waals surface area contributed by atoms with Crippen molar-refractivity contribution in [3.8, 4) is 11.1 Å². The van der Waals surface area contributed by atoms with E-state index >= 15 is 0 Å². The van der Waals surface area contributed by atoms with Crippen LogP contribution < -0.4 is 10.6 Å². The van der Waals surface area contributed by atoms with E-state index in [1.54, 1.807) is 0 Å². The molecule has 3 N–H and O–H groups in total. The molecule has 0 saturated heterocycles. The van der Waals surface area contributed by atoms with Gasteiger partial charge in [0.05, 0.1) is 5.92 Å². The first-order valence-electron chi connectivity index (χ1n) is 10.4. The van der Waals surface area contributed by atoms with Crippen molar-refractivity contribution in [2.45, 2.75) is 19.3 Å². The van der Waals surface area contributed by atoms with Crippen molar-refractivity contribution in [1.82, 2.24) is 15.6 Å². The number of carboxylic acid groups (broad SMARTS) is 1. The maximum Gasteiger partial charge on any atom is 0.412 e. The first-order chi connectivity index (χ1) is 16.0. The maximum absolute atomic E-state index is 12.4. The van der Waals surface area contributed by atoms with Crippen molar-refractivity contribution in [3.63, 3.8) is 0 Å². The second-order valence-electron chi connectivity index (χ2n) is 7.70. The largest absolute Gasteiger partial charge is 0.481 e. The van der Waals surface area contributed by atoms with Crippen LogP contribution in [0.15, 0.2) is 53.2 Å². The number of aliphatic carboxylic acids is 1. The van der Waals surface area contributed by atoms with Crippen LogP contribution in [0, 0.1) is 5.92 Å². The summed E-state index contributed by atoms with van der Waals surface area (Å²) in [7, 11) is 0. The van der Waals surface area contributed by atoms with Gasteiger partial charge in [-0.3, -0.25) is 14.9 Å². The first kappa shape index (κ1) is 22.0. The molecule has 0 bridgehead atoms. The third-order valence-electron chi connectivity index (χ3n) is 5.55. The molecule has 0 fully saturated rings. The van der Waals surface area contributed by atoms with Crippen LogP contribution >= 0.6 is 0 Å². The number of carboxylic acids is 1. The molecule has 1 heterocycles. The number of amides is 2. The quantitative estimate of drug-likeness (QED) is 0.474. The molecule has 3 aromatic rings. The summed E-state index contributed by atoms with van der Waals surface area (Å²) in [6, 6.07) is 15.9. The molecule has 1 aromatic heterocycles. The summed E-state index contributed by atoms with van der Waals surface area (Å²) in [6.45, 7) is 1.75. The Bertz CT molecular complexity index is 1150. The minimum absolute atomic E-state index is 0.0970. The van der Waals surface area contributed by atoms with Crippen LogP contribution in [0.4, 0.5) is 10.6 Å². The van der Waals surface area contributed by atoms with Crippen molar-refractivity contribution in [2.75, 3.05) is 18.5 Å². The van der Waals surface area contributed by atoms with E-state index in [1.165, 1.54) is 6.92 Å². The predicted octanol–water partition coefficient (Wildman–Crippen LogP) is 3.27. The third kappa shape index (κ3) is 4.69. The van der Waals surface area contributed by atoms with Gasteiger partial charge in [0.15, 0.2) is 0 Å². The lowest BCUT2D eigenvalue weighted by molar-refractivity contribution is -0.141. The number of ether oxygens (including phenoxy) is 1. The van der Waals surface area contributed by atoms with Gasteiger partial charge in [0, 0.05) is 12.5 Å². The smallest absolute Gasteiger partial charge is 0.412 e. The van der Waals surface area contributed by atoms with Gasteiger partial charge in [-0.25, -0.2) is 9.42 Å². The molecule has 1 atom stereocenters. The Balaban J connectivity index is 1.36. The molecule has 10 heteroatoms. The molecule has 4 rings (SSSR count). The lowest BCUT2D eigenvalue weighted by atomic mass is 9.98. The van der Waals surface area contributed by atoms with Crippen LogP contribution in [0.2, 0.25) is 0 Å². The van der Waals surface area contributed by atoms with Crippen molar-refractivity contribution in [2.24, 2.45) is 5.92 Å². The summed E-state index contributed by atoms with van der Waals surface area (Å²) >= 11 is 0. The van der Waals surface area contributed by atoms with Crippen LogP contribution in [0.1, 0.15) is 40.9 Å². The van der Waals surface area contributed by atoms with Gasteiger partial charge in [-0.2, -0.15) is 0 Å². The monoisotopic (exact) mass is 450 g/mol. The maximum atomic E-state index is 12.4. The summed E-state index contributed by atoms with van der Waals surface area (Å²) in [6.07, 6.45) is -0.567. The van der Waals surface area contributed by atoms with E-state index in [0.717, 1.165) is 22.3 Å². The van der Waals surface area contributed by atoms with Gasteiger partial charge >= 0.3 is 12.1 Å². The van der Waals surface area contributed by atoms with Gasteiger partial charge < -0.3 is 15.2 Å². The van der Waals surface area contributed by atoms with E-state index in [9.17, 15) is 14.4 Å². The summed E-state index contributed by atoms with van der Waals surface area (Å²) in [5.41, 5.74) is 4.14. The number of benzene rings is 2. The Morgan fingerprint density at radius 2 is 1.70 bits per heavy atom. The van der Waals surface area contributed by atoms with Gasteiger partial charge in [0.1, 0.15) is 6.61 Å². The first-order valence-corrected chi connectivity index (χ1v) is 10.4. The fourth-order valence-corrected chi connectivity index (χ4v) is 3.76. The predicted molar refractivity (Wildman–Crippen MR) is 117 cm³/mol. The second-order valence-corrected chi connectivity index (χ2v) is 7.70. The number of hydrogen-bond acceptors (Lipinski definition) is 7. The Kier molecular flexibility index (Phi) is 6.34. The number of carbonyl (C=O) groups is 3. The van der Waals surface area contributed by atoms with Gasteiger partial charge in [0.25, 0.3) is 5.91 Å². The average Bonchev–Trinajstić information content (AvgIpc) is 3.40. The number of carbonyl (C=O) groups excluding carboxylic acids is 2. The van der Waals surface area contributed by atoms with Crippen LogP contribution in [-0.4, -0.2) is 46.5 Å².